The number of fused-ring (bicyclic) bond motifs is 1. The number of aromatic nitrogens is 2. The van der Waals surface area contributed by atoms with Gasteiger partial charge in [-0.25, -0.2) is 0 Å². The van der Waals surface area contributed by atoms with Crippen molar-refractivity contribution in [1.29, 1.82) is 0 Å². The lowest BCUT2D eigenvalue weighted by Crippen LogP contribution is -2.21. The maximum absolute atomic E-state index is 5.36. The van der Waals surface area contributed by atoms with Crippen molar-refractivity contribution in [2.45, 2.75) is 0 Å². The minimum absolute atomic E-state index is 0.756. The molecule has 1 N–H and O–H groups in total. The van der Waals surface area contributed by atoms with E-state index >= 15 is 0 Å². The third kappa shape index (κ3) is 1.85. The molecule has 0 amide bonds. The van der Waals surface area contributed by atoms with E-state index in [1.807, 2.05) is 47.0 Å². The highest BCUT2D eigenvalue weighted by Crippen LogP contribution is 2.14. The maximum Gasteiger partial charge on any atom is 0.245 e. The second kappa shape index (κ2) is 4.11. The first-order valence-corrected chi connectivity index (χ1v) is 5.84. The van der Waals surface area contributed by atoms with Gasteiger partial charge in [0, 0.05) is 17.7 Å². The van der Waals surface area contributed by atoms with Gasteiger partial charge in [-0.3, -0.25) is 0 Å². The Labute approximate surface area is 104 Å². The van der Waals surface area contributed by atoms with E-state index in [1.54, 1.807) is 0 Å². The Morgan fingerprint density at radius 1 is 0.941 bits per heavy atom. The zero-order valence-electron chi connectivity index (χ0n) is 9.13. The Morgan fingerprint density at radius 3 is 2.53 bits per heavy atom. The lowest BCUT2D eigenvalue weighted by Gasteiger charge is -1.99. The van der Waals surface area contributed by atoms with E-state index in [2.05, 4.69) is 23.3 Å². The average molecular weight is 239 g/mol. The molecule has 0 aliphatic carbocycles. The van der Waals surface area contributed by atoms with Crippen LogP contribution in [-0.2, 0) is 0 Å². The third-order valence-electron chi connectivity index (χ3n) is 2.72. The summed E-state index contributed by atoms with van der Waals surface area (Å²) in [5.74, 6) is 0. The molecule has 1 aromatic carbocycles. The summed E-state index contributed by atoms with van der Waals surface area (Å²) in [6, 6.07) is 16.2. The molecule has 0 saturated heterocycles. The predicted molar refractivity (Wildman–Crippen MR) is 70.2 cm³/mol. The highest BCUT2D eigenvalue weighted by atomic mass is 32.1. The quantitative estimate of drug-likeness (QED) is 0.511. The van der Waals surface area contributed by atoms with E-state index in [1.165, 1.54) is 0 Å². The minimum Gasteiger partial charge on any atom is -0.336 e. The summed E-state index contributed by atoms with van der Waals surface area (Å²) in [6.45, 7) is 0. The van der Waals surface area contributed by atoms with Gasteiger partial charge in [-0.2, -0.15) is 4.40 Å². The van der Waals surface area contributed by atoms with Crippen LogP contribution < -0.4 is 4.40 Å². The van der Waals surface area contributed by atoms with Crippen LogP contribution in [0.4, 0.5) is 0 Å². The van der Waals surface area contributed by atoms with Crippen LogP contribution in [0, 0.1) is 4.64 Å². The zero-order valence-corrected chi connectivity index (χ0v) is 9.95. The molecule has 0 atom stereocenters. The number of rotatable bonds is 1. The molecule has 2 aromatic heterocycles. The molecule has 3 rings (SSSR count). The van der Waals surface area contributed by atoms with Gasteiger partial charge in [0.25, 0.3) is 0 Å². The normalized spacial score (nSPS) is 10.6. The summed E-state index contributed by atoms with van der Waals surface area (Å²) in [7, 11) is 0. The number of nitrogens with zero attached hydrogens (tertiary/aromatic N) is 1. The molecule has 0 aliphatic rings. The van der Waals surface area contributed by atoms with Crippen molar-refractivity contribution in [3.8, 4) is 11.3 Å². The topological polar surface area (TPSA) is 19.9 Å². The van der Waals surface area contributed by atoms with Crippen LogP contribution in [0.2, 0.25) is 0 Å². The molecule has 0 fully saturated rings. The van der Waals surface area contributed by atoms with Crippen LogP contribution >= 0.6 is 12.2 Å². The third-order valence-corrected chi connectivity index (χ3v) is 3.04. The smallest absolute Gasteiger partial charge is 0.245 e. The molecule has 2 heterocycles. The van der Waals surface area contributed by atoms with E-state index in [4.69, 9.17) is 12.2 Å². The highest BCUT2D eigenvalue weighted by molar-refractivity contribution is 7.71. The number of benzene rings is 1. The largest absolute Gasteiger partial charge is 0.336 e. The van der Waals surface area contributed by atoms with E-state index in [0.29, 0.717) is 0 Å². The van der Waals surface area contributed by atoms with E-state index in [9.17, 15) is 0 Å². The van der Waals surface area contributed by atoms with E-state index in [0.717, 1.165) is 21.4 Å². The maximum atomic E-state index is 5.36. The summed E-state index contributed by atoms with van der Waals surface area (Å²) in [5.41, 5.74) is 3.18. The number of hydrogen-bond donors (Lipinski definition) is 1. The van der Waals surface area contributed by atoms with Crippen molar-refractivity contribution >= 4 is 17.7 Å². The molecule has 2 nitrogen and oxygen atoms in total. The first-order chi connectivity index (χ1) is 8.34. The molecular weight excluding hydrogens is 228 g/mol. The summed E-state index contributed by atoms with van der Waals surface area (Å²) >= 11 is 5.36. The van der Waals surface area contributed by atoms with Gasteiger partial charge in [0.05, 0.1) is 0 Å². The monoisotopic (exact) mass is 239 g/mol. The molecule has 3 heteroatoms. The number of aromatic amines is 1. The number of hydrogen-bond acceptors (Lipinski definition) is 1. The average Bonchev–Trinajstić information content (AvgIpc) is 2.40. The molecule has 3 aromatic rings. The molecular formula is C14H11N2S+. The molecule has 0 spiro atoms. The van der Waals surface area contributed by atoms with Crippen molar-refractivity contribution in [2.75, 3.05) is 0 Å². The number of pyridine rings is 1. The number of H-pyrrole nitrogens is 1. The molecule has 17 heavy (non-hydrogen) atoms. The second-order valence-corrected chi connectivity index (χ2v) is 4.26. The fourth-order valence-electron chi connectivity index (χ4n) is 1.88. The molecule has 0 saturated carbocycles. The van der Waals surface area contributed by atoms with Gasteiger partial charge in [0.15, 0.2) is 17.0 Å². The molecule has 0 bridgehead atoms. The lowest BCUT2D eigenvalue weighted by atomic mass is 10.2. The van der Waals surface area contributed by atoms with Gasteiger partial charge in [-0.1, -0.05) is 42.5 Å². The molecule has 0 radical (unpaired) electrons. The Bertz CT molecular complexity index is 717. The predicted octanol–water partition coefficient (Wildman–Crippen LogP) is 3.15. The summed E-state index contributed by atoms with van der Waals surface area (Å²) in [4.78, 5) is 3.26. The van der Waals surface area contributed by atoms with E-state index in [-0.39, 0.29) is 0 Å². The van der Waals surface area contributed by atoms with Gasteiger partial charge < -0.3 is 4.98 Å². The van der Waals surface area contributed by atoms with Gasteiger partial charge in [0.1, 0.15) is 5.69 Å². The molecule has 0 unspecified atom stereocenters. The summed E-state index contributed by atoms with van der Waals surface area (Å²) < 4.78 is 2.80. The Kier molecular flexibility index (Phi) is 2.46. The summed E-state index contributed by atoms with van der Waals surface area (Å²) in [5, 5.41) is 0. The van der Waals surface area contributed by atoms with Crippen LogP contribution in [0.3, 0.4) is 0 Å². The Morgan fingerprint density at radius 2 is 1.71 bits per heavy atom. The lowest BCUT2D eigenvalue weighted by molar-refractivity contribution is -0.512. The highest BCUT2D eigenvalue weighted by Gasteiger charge is 2.07. The molecule has 82 valence electrons. The van der Waals surface area contributed by atoms with Gasteiger partial charge >= 0.3 is 0 Å². The first kappa shape index (κ1) is 10.2. The zero-order chi connectivity index (χ0) is 11.7. The fourth-order valence-corrected chi connectivity index (χ4v) is 2.17. The van der Waals surface area contributed by atoms with Crippen molar-refractivity contribution in [3.63, 3.8) is 0 Å². The fraction of sp³-hybridized carbons (Fsp3) is 0. The van der Waals surface area contributed by atoms with Crippen molar-refractivity contribution in [3.05, 3.63) is 65.6 Å². The standard InChI is InChI=1S/C14H10N2S/c17-14-13-8-4-5-9-16(13)10-12(15-14)11-6-2-1-3-7-11/h1-10H/p+1. The first-order valence-electron chi connectivity index (χ1n) is 5.43. The summed E-state index contributed by atoms with van der Waals surface area (Å²) in [6.07, 6.45) is 4.06. The van der Waals surface area contributed by atoms with Crippen LogP contribution in [0.15, 0.2) is 60.9 Å². The van der Waals surface area contributed by atoms with Gasteiger partial charge in [-0.15, -0.1) is 0 Å². The van der Waals surface area contributed by atoms with Crippen molar-refractivity contribution < 1.29 is 4.40 Å². The van der Waals surface area contributed by atoms with Crippen LogP contribution in [0.25, 0.3) is 16.8 Å². The van der Waals surface area contributed by atoms with E-state index < -0.39 is 0 Å². The van der Waals surface area contributed by atoms with Crippen LogP contribution in [-0.4, -0.2) is 4.98 Å². The Hall–Kier alpha value is -2.00. The SMILES string of the molecule is S=c1[nH]c(-c2ccccc2)c[n+]2ccccc12. The van der Waals surface area contributed by atoms with Crippen molar-refractivity contribution in [1.82, 2.24) is 4.98 Å². The van der Waals surface area contributed by atoms with Gasteiger partial charge in [0.2, 0.25) is 5.52 Å². The second-order valence-electron chi connectivity index (χ2n) is 3.86. The molecule has 0 aliphatic heterocycles. The Balaban J connectivity index is 2.30. The van der Waals surface area contributed by atoms with Gasteiger partial charge in [-0.05, 0) is 6.07 Å². The van der Waals surface area contributed by atoms with Crippen molar-refractivity contribution in [2.24, 2.45) is 0 Å². The minimum atomic E-state index is 0.756. The van der Waals surface area contributed by atoms with Crippen LogP contribution in [0.5, 0.6) is 0 Å². The number of nitrogens with one attached hydrogen (secondary N) is 1. The van der Waals surface area contributed by atoms with Crippen LogP contribution in [0.1, 0.15) is 0 Å².